The number of anilines is 1. The number of hydrogen-bond acceptors (Lipinski definition) is 4. The molecule has 1 atom stereocenters. The van der Waals surface area contributed by atoms with Crippen molar-refractivity contribution in [1.29, 1.82) is 0 Å². The maximum atomic E-state index is 13.4. The first-order valence-corrected chi connectivity index (χ1v) is 12.1. The first-order valence-electron chi connectivity index (χ1n) is 10.7. The fraction of sp³-hybridized carbons (Fsp3) is 0.240. The maximum absolute atomic E-state index is 13.4. The second-order valence-corrected chi connectivity index (χ2v) is 9.19. The van der Waals surface area contributed by atoms with Crippen molar-refractivity contribution in [3.8, 4) is 5.75 Å². The first-order chi connectivity index (χ1) is 15.8. The summed E-state index contributed by atoms with van der Waals surface area (Å²) in [4.78, 5) is 12.9. The molecule has 3 aromatic rings. The molecule has 3 aromatic carbocycles. The highest BCUT2D eigenvalue weighted by molar-refractivity contribution is 7.92. The van der Waals surface area contributed by atoms with Crippen LogP contribution in [-0.4, -0.2) is 27.5 Å². The van der Waals surface area contributed by atoms with Gasteiger partial charge in [0.05, 0.1) is 23.2 Å². The van der Waals surface area contributed by atoms with E-state index in [9.17, 15) is 17.6 Å². The van der Waals surface area contributed by atoms with Crippen LogP contribution in [0.2, 0.25) is 0 Å². The summed E-state index contributed by atoms with van der Waals surface area (Å²) in [5.41, 5.74) is 1.23. The van der Waals surface area contributed by atoms with Gasteiger partial charge in [-0.2, -0.15) is 0 Å². The SMILES string of the molecule is CCOc1ccc(N(CC(=O)N[C@H](CC)c2ccccc2)S(=O)(=O)c2ccc(F)cc2)cc1. The van der Waals surface area contributed by atoms with Crippen molar-refractivity contribution < 1.29 is 22.3 Å². The number of nitrogens with one attached hydrogen (secondary N) is 1. The molecule has 0 bridgehead atoms. The quantitative estimate of drug-likeness (QED) is 0.467. The standard InChI is InChI=1S/C25H27FN2O4S/c1-3-24(19-8-6-5-7-9-19)27-25(29)18-28(21-12-14-22(15-13-21)32-4-2)33(30,31)23-16-10-20(26)11-17-23/h5-17,24H,3-4,18H2,1-2H3,(H,27,29)/t24-/m1/s1. The number of ether oxygens (including phenoxy) is 1. The first kappa shape index (κ1) is 24.3. The predicted octanol–water partition coefficient (Wildman–Crippen LogP) is 4.69. The van der Waals surface area contributed by atoms with E-state index in [4.69, 9.17) is 4.74 Å². The zero-order chi connectivity index (χ0) is 23.8. The van der Waals surface area contributed by atoms with Gasteiger partial charge in [-0.15, -0.1) is 0 Å². The number of benzene rings is 3. The summed E-state index contributed by atoms with van der Waals surface area (Å²) in [6, 6.07) is 20.2. The molecule has 174 valence electrons. The second kappa shape index (κ2) is 11.0. The summed E-state index contributed by atoms with van der Waals surface area (Å²) < 4.78 is 46.6. The number of nitrogens with zero attached hydrogens (tertiary/aromatic N) is 1. The van der Waals surface area contributed by atoms with E-state index in [0.717, 1.165) is 22.0 Å². The van der Waals surface area contributed by atoms with Crippen LogP contribution in [0.1, 0.15) is 31.9 Å². The normalized spacial score (nSPS) is 12.1. The van der Waals surface area contributed by atoms with Gasteiger partial charge in [-0.3, -0.25) is 9.10 Å². The average molecular weight is 471 g/mol. The highest BCUT2D eigenvalue weighted by atomic mass is 32.2. The molecule has 0 aliphatic heterocycles. The Labute approximate surface area is 194 Å². The van der Waals surface area contributed by atoms with Gasteiger partial charge in [-0.25, -0.2) is 12.8 Å². The Kier molecular flexibility index (Phi) is 8.06. The van der Waals surface area contributed by atoms with Crippen molar-refractivity contribution in [3.05, 3.63) is 90.2 Å². The van der Waals surface area contributed by atoms with Crippen LogP contribution in [-0.2, 0) is 14.8 Å². The third kappa shape index (κ3) is 6.10. The summed E-state index contributed by atoms with van der Waals surface area (Å²) in [6.45, 7) is 3.83. The molecule has 8 heteroatoms. The number of sulfonamides is 1. The number of carbonyl (C=O) groups excluding carboxylic acids is 1. The van der Waals surface area contributed by atoms with Gasteiger partial charge in [-0.1, -0.05) is 37.3 Å². The van der Waals surface area contributed by atoms with Crippen LogP contribution in [0, 0.1) is 5.82 Å². The van der Waals surface area contributed by atoms with Crippen molar-refractivity contribution in [1.82, 2.24) is 5.32 Å². The van der Waals surface area contributed by atoms with Gasteiger partial charge in [0.2, 0.25) is 5.91 Å². The van der Waals surface area contributed by atoms with Gasteiger partial charge < -0.3 is 10.1 Å². The lowest BCUT2D eigenvalue weighted by molar-refractivity contribution is -0.120. The lowest BCUT2D eigenvalue weighted by Gasteiger charge is -2.26. The molecule has 0 saturated carbocycles. The van der Waals surface area contributed by atoms with E-state index >= 15 is 0 Å². The zero-order valence-corrected chi connectivity index (χ0v) is 19.4. The van der Waals surface area contributed by atoms with Crippen molar-refractivity contribution in [2.75, 3.05) is 17.5 Å². The molecule has 0 aliphatic carbocycles. The van der Waals surface area contributed by atoms with Crippen LogP contribution in [0.15, 0.2) is 83.8 Å². The summed E-state index contributed by atoms with van der Waals surface area (Å²) in [5, 5.41) is 2.92. The van der Waals surface area contributed by atoms with Crippen molar-refractivity contribution in [2.45, 2.75) is 31.2 Å². The molecule has 0 fully saturated rings. The van der Waals surface area contributed by atoms with Crippen LogP contribution in [0.3, 0.4) is 0 Å². The zero-order valence-electron chi connectivity index (χ0n) is 18.6. The highest BCUT2D eigenvalue weighted by Crippen LogP contribution is 2.26. The van der Waals surface area contributed by atoms with E-state index in [1.807, 2.05) is 44.2 Å². The molecule has 3 rings (SSSR count). The van der Waals surface area contributed by atoms with Crippen LogP contribution < -0.4 is 14.4 Å². The molecular formula is C25H27FN2O4S. The Morgan fingerprint density at radius 3 is 2.18 bits per heavy atom. The molecule has 0 unspecified atom stereocenters. The largest absolute Gasteiger partial charge is 0.494 e. The summed E-state index contributed by atoms with van der Waals surface area (Å²) in [7, 11) is -4.13. The minimum Gasteiger partial charge on any atom is -0.494 e. The lowest BCUT2D eigenvalue weighted by atomic mass is 10.0. The van der Waals surface area contributed by atoms with Crippen LogP contribution in [0.5, 0.6) is 5.75 Å². The Bertz CT molecular complexity index is 1150. The molecule has 1 N–H and O–H groups in total. The Morgan fingerprint density at radius 2 is 1.61 bits per heavy atom. The third-order valence-electron chi connectivity index (χ3n) is 5.07. The van der Waals surface area contributed by atoms with E-state index in [1.54, 1.807) is 24.3 Å². The van der Waals surface area contributed by atoms with Crippen LogP contribution >= 0.6 is 0 Å². The minimum atomic E-state index is -4.13. The molecule has 0 spiro atoms. The molecule has 0 saturated heterocycles. The lowest BCUT2D eigenvalue weighted by Crippen LogP contribution is -2.42. The summed E-state index contributed by atoms with van der Waals surface area (Å²) in [5.74, 6) is -0.418. The molecule has 0 aliphatic rings. The fourth-order valence-electron chi connectivity index (χ4n) is 3.40. The Hall–Kier alpha value is -3.39. The van der Waals surface area contributed by atoms with E-state index < -0.39 is 28.3 Å². The van der Waals surface area contributed by atoms with Crippen LogP contribution in [0.4, 0.5) is 10.1 Å². The molecule has 0 radical (unpaired) electrons. The monoisotopic (exact) mass is 470 g/mol. The van der Waals surface area contributed by atoms with Gasteiger partial charge in [0, 0.05) is 0 Å². The third-order valence-corrected chi connectivity index (χ3v) is 6.86. The van der Waals surface area contributed by atoms with Crippen LogP contribution in [0.25, 0.3) is 0 Å². The maximum Gasteiger partial charge on any atom is 0.264 e. The number of amides is 1. The van der Waals surface area contributed by atoms with E-state index in [2.05, 4.69) is 5.32 Å². The number of rotatable bonds is 10. The number of halogens is 1. The summed E-state index contributed by atoms with van der Waals surface area (Å²) >= 11 is 0. The average Bonchev–Trinajstić information content (AvgIpc) is 2.82. The van der Waals surface area contributed by atoms with Gasteiger partial charge in [-0.05, 0) is 67.4 Å². The summed E-state index contributed by atoms with van der Waals surface area (Å²) in [6.07, 6.45) is 0.642. The molecule has 6 nitrogen and oxygen atoms in total. The molecule has 0 aromatic heterocycles. The van der Waals surface area contributed by atoms with Gasteiger partial charge in [0.25, 0.3) is 10.0 Å². The fourth-order valence-corrected chi connectivity index (χ4v) is 4.82. The van der Waals surface area contributed by atoms with Gasteiger partial charge in [0.15, 0.2) is 0 Å². The van der Waals surface area contributed by atoms with Crippen molar-refractivity contribution in [3.63, 3.8) is 0 Å². The van der Waals surface area contributed by atoms with E-state index in [0.29, 0.717) is 24.5 Å². The highest BCUT2D eigenvalue weighted by Gasteiger charge is 2.28. The number of carbonyl (C=O) groups is 1. The van der Waals surface area contributed by atoms with Gasteiger partial charge in [0.1, 0.15) is 18.1 Å². The molecule has 33 heavy (non-hydrogen) atoms. The van der Waals surface area contributed by atoms with E-state index in [-0.39, 0.29) is 10.9 Å². The topological polar surface area (TPSA) is 75.7 Å². The van der Waals surface area contributed by atoms with E-state index in [1.165, 1.54) is 12.1 Å². The predicted molar refractivity (Wildman–Crippen MR) is 126 cm³/mol. The minimum absolute atomic E-state index is 0.110. The molecule has 0 heterocycles. The van der Waals surface area contributed by atoms with Crippen molar-refractivity contribution >= 4 is 21.6 Å². The van der Waals surface area contributed by atoms with Gasteiger partial charge >= 0.3 is 0 Å². The smallest absolute Gasteiger partial charge is 0.264 e. The Balaban J connectivity index is 1.91. The van der Waals surface area contributed by atoms with Crippen molar-refractivity contribution in [2.24, 2.45) is 0 Å². The molecular weight excluding hydrogens is 443 g/mol. The second-order valence-electron chi connectivity index (χ2n) is 7.33. The molecule has 1 amide bonds. The Morgan fingerprint density at radius 1 is 0.970 bits per heavy atom. The number of hydrogen-bond donors (Lipinski definition) is 1.